The third-order valence-electron chi connectivity index (χ3n) is 6.47. The first-order chi connectivity index (χ1) is 16.2. The first kappa shape index (κ1) is 25.2. The Kier molecular flexibility index (Phi) is 8.28. The third kappa shape index (κ3) is 5.94. The predicted octanol–water partition coefficient (Wildman–Crippen LogP) is 2.14. The van der Waals surface area contributed by atoms with Gasteiger partial charge in [0.15, 0.2) is 12.0 Å². The average molecular weight is 465 g/mol. The number of hydrogen-bond acceptors (Lipinski definition) is 5. The molecule has 1 aliphatic carbocycles. The van der Waals surface area contributed by atoms with Gasteiger partial charge in [-0.25, -0.2) is 4.79 Å². The molecule has 8 heteroatoms. The zero-order valence-corrected chi connectivity index (χ0v) is 19.9. The highest BCUT2D eigenvalue weighted by atomic mass is 16.2. The number of hydrogen-bond donors (Lipinski definition) is 4. The Morgan fingerprint density at radius 2 is 1.76 bits per heavy atom. The summed E-state index contributed by atoms with van der Waals surface area (Å²) >= 11 is 0. The van der Waals surface area contributed by atoms with Crippen LogP contribution in [0.4, 0.5) is 0 Å². The van der Waals surface area contributed by atoms with Gasteiger partial charge in [-0.15, -0.1) is 4.57 Å². The maximum atomic E-state index is 13.1. The van der Waals surface area contributed by atoms with Crippen molar-refractivity contribution >= 4 is 23.4 Å². The van der Waals surface area contributed by atoms with Gasteiger partial charge in [0.05, 0.1) is 11.6 Å². The van der Waals surface area contributed by atoms with Gasteiger partial charge in [0, 0.05) is 17.5 Å². The zero-order chi connectivity index (χ0) is 24.8. The quantitative estimate of drug-likeness (QED) is 0.205. The lowest BCUT2D eigenvalue weighted by Crippen LogP contribution is -2.54. The van der Waals surface area contributed by atoms with Crippen LogP contribution in [0.3, 0.4) is 0 Å². The summed E-state index contributed by atoms with van der Waals surface area (Å²) in [7, 11) is 0. The lowest BCUT2D eigenvalue weighted by Gasteiger charge is -2.22. The van der Waals surface area contributed by atoms with Crippen LogP contribution in [0.2, 0.25) is 0 Å². The van der Waals surface area contributed by atoms with Crippen LogP contribution in [0.1, 0.15) is 82.5 Å². The minimum atomic E-state index is -0.829. The van der Waals surface area contributed by atoms with Crippen molar-refractivity contribution < 1.29 is 19.0 Å². The molecular weight excluding hydrogens is 430 g/mol. The monoisotopic (exact) mass is 464 g/mol. The molecule has 1 amide bonds. The van der Waals surface area contributed by atoms with E-state index in [0.717, 1.165) is 48.9 Å². The van der Waals surface area contributed by atoms with E-state index in [2.05, 4.69) is 5.32 Å². The topological polar surface area (TPSA) is 143 Å². The molecule has 1 aromatic carbocycles. The van der Waals surface area contributed by atoms with E-state index in [9.17, 15) is 14.4 Å². The molecule has 0 radical (unpaired) electrons. The Balaban J connectivity index is 1.71. The SMILES string of the molecule is CC(=O)c1c(C)cc[n+](C(=O)CNC(=O)[C@@H](N)Cc2ccc(C(=N)N)cc2)c1C1CCCCC1. The normalized spacial score (nSPS) is 14.9. The third-order valence-corrected chi connectivity index (χ3v) is 6.47. The molecular formula is C26H34N5O3+. The summed E-state index contributed by atoms with van der Waals surface area (Å²) < 4.78 is 1.55. The number of carbonyl (C=O) groups is 3. The molecule has 180 valence electrons. The molecule has 34 heavy (non-hydrogen) atoms. The van der Waals surface area contributed by atoms with Gasteiger partial charge in [-0.1, -0.05) is 43.5 Å². The molecule has 1 atom stereocenters. The van der Waals surface area contributed by atoms with Gasteiger partial charge in [0.2, 0.25) is 11.6 Å². The number of amides is 1. The van der Waals surface area contributed by atoms with E-state index in [4.69, 9.17) is 16.9 Å². The van der Waals surface area contributed by atoms with Crippen molar-refractivity contribution in [1.29, 1.82) is 5.41 Å². The predicted molar refractivity (Wildman–Crippen MR) is 130 cm³/mol. The Morgan fingerprint density at radius 3 is 2.35 bits per heavy atom. The first-order valence-corrected chi connectivity index (χ1v) is 11.7. The van der Waals surface area contributed by atoms with Gasteiger partial charge in [0.1, 0.15) is 12.4 Å². The molecule has 1 heterocycles. The molecule has 1 fully saturated rings. The number of Topliss-reactive ketones (excluding diaryl/α,β-unsaturated/α-hetero) is 1. The number of nitrogen functional groups attached to an aromatic ring is 1. The van der Waals surface area contributed by atoms with Crippen LogP contribution in [-0.4, -0.2) is 36.0 Å². The second-order valence-corrected chi connectivity index (χ2v) is 9.05. The molecule has 0 bridgehead atoms. The van der Waals surface area contributed by atoms with Crippen molar-refractivity contribution in [2.45, 2.75) is 64.3 Å². The number of pyridine rings is 1. The van der Waals surface area contributed by atoms with Crippen molar-refractivity contribution in [3.05, 3.63) is 64.5 Å². The van der Waals surface area contributed by atoms with Crippen molar-refractivity contribution in [2.24, 2.45) is 11.5 Å². The largest absolute Gasteiger partial charge is 0.411 e. The lowest BCUT2D eigenvalue weighted by atomic mass is 9.83. The van der Waals surface area contributed by atoms with E-state index in [-0.39, 0.29) is 36.4 Å². The standard InChI is InChI=1S/C26H33N5O3/c1-16-12-13-31(24(23(16)17(2)32)19-6-4-3-5-7-19)22(33)15-30-26(34)21(27)14-18-8-10-20(11-9-18)25(28)29/h8-13,19,21H,3-7,14-15,27H2,1-2H3,(H3-,28,29,30,34)/p+1/t21-/m0/s1. The summed E-state index contributed by atoms with van der Waals surface area (Å²) in [5, 5.41) is 10.1. The number of carbonyl (C=O) groups excluding carboxylic acids is 3. The molecule has 0 unspecified atom stereocenters. The van der Waals surface area contributed by atoms with Crippen LogP contribution in [0, 0.1) is 12.3 Å². The van der Waals surface area contributed by atoms with Gasteiger partial charge in [-0.3, -0.25) is 15.0 Å². The summed E-state index contributed by atoms with van der Waals surface area (Å²) in [5.74, 6) is -0.659. The van der Waals surface area contributed by atoms with Crippen molar-refractivity contribution in [1.82, 2.24) is 5.32 Å². The molecule has 6 N–H and O–H groups in total. The molecule has 0 spiro atoms. The van der Waals surface area contributed by atoms with Crippen LogP contribution in [0.25, 0.3) is 0 Å². The number of nitrogens with one attached hydrogen (secondary N) is 2. The Morgan fingerprint density at radius 1 is 1.12 bits per heavy atom. The van der Waals surface area contributed by atoms with Crippen LogP contribution < -0.4 is 21.4 Å². The summed E-state index contributed by atoms with van der Waals surface area (Å²) in [6, 6.07) is 7.91. The summed E-state index contributed by atoms with van der Waals surface area (Å²) in [4.78, 5) is 38.2. The van der Waals surface area contributed by atoms with Crippen LogP contribution >= 0.6 is 0 Å². The van der Waals surface area contributed by atoms with E-state index < -0.39 is 11.9 Å². The van der Waals surface area contributed by atoms with Crippen molar-refractivity contribution in [3.8, 4) is 0 Å². The molecule has 0 aliphatic heterocycles. The van der Waals surface area contributed by atoms with Gasteiger partial charge >= 0.3 is 5.91 Å². The van der Waals surface area contributed by atoms with Crippen LogP contribution in [0.5, 0.6) is 0 Å². The molecule has 1 aromatic heterocycles. The number of nitrogens with two attached hydrogens (primary N) is 2. The minimum Gasteiger partial charge on any atom is -0.384 e. The van der Waals surface area contributed by atoms with Gasteiger partial charge in [0.25, 0.3) is 0 Å². The van der Waals surface area contributed by atoms with Gasteiger partial charge < -0.3 is 16.8 Å². The highest BCUT2D eigenvalue weighted by Crippen LogP contribution is 2.33. The number of amidine groups is 1. The summed E-state index contributed by atoms with van der Waals surface area (Å²) in [5.41, 5.74) is 15.2. The summed E-state index contributed by atoms with van der Waals surface area (Å²) in [6.07, 6.45) is 7.19. The molecule has 8 nitrogen and oxygen atoms in total. The van der Waals surface area contributed by atoms with E-state index in [1.54, 1.807) is 41.1 Å². The summed E-state index contributed by atoms with van der Waals surface area (Å²) in [6.45, 7) is 3.22. The highest BCUT2D eigenvalue weighted by Gasteiger charge is 2.34. The van der Waals surface area contributed by atoms with E-state index >= 15 is 0 Å². The Bertz CT molecular complexity index is 1090. The minimum absolute atomic E-state index is 0.0266. The van der Waals surface area contributed by atoms with Crippen LogP contribution in [-0.2, 0) is 11.2 Å². The van der Waals surface area contributed by atoms with Crippen molar-refractivity contribution in [2.75, 3.05) is 6.54 Å². The molecule has 0 saturated heterocycles. The fraction of sp³-hybridized carbons (Fsp3) is 0.423. The Labute approximate surface area is 200 Å². The molecule has 1 aliphatic rings. The lowest BCUT2D eigenvalue weighted by molar-refractivity contribution is -0.584. The number of rotatable bonds is 8. The zero-order valence-electron chi connectivity index (χ0n) is 19.9. The molecule has 2 aromatic rings. The second-order valence-electron chi connectivity index (χ2n) is 9.05. The molecule has 3 rings (SSSR count). The highest BCUT2D eigenvalue weighted by molar-refractivity contribution is 5.97. The Hall–Kier alpha value is -3.39. The van der Waals surface area contributed by atoms with Crippen molar-refractivity contribution in [3.63, 3.8) is 0 Å². The number of aromatic nitrogens is 1. The average Bonchev–Trinajstić information content (AvgIpc) is 2.82. The fourth-order valence-corrected chi connectivity index (χ4v) is 4.67. The van der Waals surface area contributed by atoms with E-state index in [1.807, 2.05) is 6.92 Å². The number of nitrogens with zero attached hydrogens (tertiary/aromatic N) is 1. The fourth-order valence-electron chi connectivity index (χ4n) is 4.67. The molecule has 1 saturated carbocycles. The maximum absolute atomic E-state index is 13.1. The smallest absolute Gasteiger partial charge is 0.384 e. The van der Waals surface area contributed by atoms with Gasteiger partial charge in [-0.2, -0.15) is 0 Å². The number of ketones is 1. The maximum Gasteiger partial charge on any atom is 0.411 e. The van der Waals surface area contributed by atoms with E-state index in [0.29, 0.717) is 11.1 Å². The van der Waals surface area contributed by atoms with Crippen LogP contribution in [0.15, 0.2) is 36.5 Å². The van der Waals surface area contributed by atoms with Gasteiger partial charge in [-0.05, 0) is 44.2 Å². The number of aryl methyl sites for hydroxylation is 1. The second kappa shape index (κ2) is 11.2. The number of benzene rings is 1. The van der Waals surface area contributed by atoms with E-state index in [1.165, 1.54) is 6.92 Å². The first-order valence-electron chi connectivity index (χ1n) is 11.7.